The Hall–Kier alpha value is -2.90. The molecule has 6 nitrogen and oxygen atoms in total. The smallest absolute Gasteiger partial charge is 0.262 e. The Balaban J connectivity index is 1.54. The molecule has 0 aliphatic heterocycles. The van der Waals surface area contributed by atoms with Crippen LogP contribution in [0.3, 0.4) is 0 Å². The minimum Gasteiger partial charge on any atom is -0.483 e. The highest BCUT2D eigenvalue weighted by Crippen LogP contribution is 2.33. The van der Waals surface area contributed by atoms with Gasteiger partial charge in [-0.2, -0.15) is 0 Å². The predicted molar refractivity (Wildman–Crippen MR) is 116 cm³/mol. The summed E-state index contributed by atoms with van der Waals surface area (Å²) >= 11 is 3.54. The van der Waals surface area contributed by atoms with Crippen LogP contribution in [0.5, 0.6) is 5.75 Å². The van der Waals surface area contributed by atoms with Crippen LogP contribution in [0.2, 0.25) is 0 Å². The first-order chi connectivity index (χ1) is 14.1. The molecule has 0 heterocycles. The van der Waals surface area contributed by atoms with Crippen LogP contribution in [-0.4, -0.2) is 38.7 Å². The number of rotatable bonds is 8. The molecule has 0 fully saturated rings. The number of hydrogen-bond acceptors (Lipinski definition) is 4. The molecule has 150 valence electrons. The molecule has 0 aliphatic carbocycles. The highest BCUT2D eigenvalue weighted by atomic mass is 79.9. The van der Waals surface area contributed by atoms with Crippen LogP contribution in [0.1, 0.15) is 10.4 Å². The van der Waals surface area contributed by atoms with Crippen molar-refractivity contribution in [1.82, 2.24) is 5.32 Å². The SMILES string of the molecule is COCCNC(=O)c1ccc(NC(=O)COc2ccc3ccccc3c2Br)cc1. The first kappa shape index (κ1) is 20.8. The van der Waals surface area contributed by atoms with E-state index in [-0.39, 0.29) is 18.4 Å². The molecular weight excluding hydrogens is 436 g/mol. The molecule has 0 saturated carbocycles. The maximum atomic E-state index is 12.2. The quantitative estimate of drug-likeness (QED) is 0.502. The number of amides is 2. The van der Waals surface area contributed by atoms with E-state index >= 15 is 0 Å². The Morgan fingerprint density at radius 2 is 1.76 bits per heavy atom. The zero-order valence-electron chi connectivity index (χ0n) is 15.9. The zero-order chi connectivity index (χ0) is 20.6. The number of anilines is 1. The fraction of sp³-hybridized carbons (Fsp3) is 0.182. The van der Waals surface area contributed by atoms with Gasteiger partial charge < -0.3 is 20.1 Å². The van der Waals surface area contributed by atoms with E-state index in [0.717, 1.165) is 15.2 Å². The molecule has 0 saturated heterocycles. The largest absolute Gasteiger partial charge is 0.483 e. The number of methoxy groups -OCH3 is 1. The van der Waals surface area contributed by atoms with E-state index < -0.39 is 0 Å². The molecule has 0 unspecified atom stereocenters. The fourth-order valence-electron chi connectivity index (χ4n) is 2.74. The zero-order valence-corrected chi connectivity index (χ0v) is 17.5. The van der Waals surface area contributed by atoms with E-state index in [1.165, 1.54) is 0 Å². The molecule has 0 aliphatic rings. The van der Waals surface area contributed by atoms with Gasteiger partial charge in [0.25, 0.3) is 11.8 Å². The maximum Gasteiger partial charge on any atom is 0.262 e. The van der Waals surface area contributed by atoms with E-state index in [2.05, 4.69) is 26.6 Å². The molecule has 2 N–H and O–H groups in total. The van der Waals surface area contributed by atoms with E-state index in [1.807, 2.05) is 36.4 Å². The van der Waals surface area contributed by atoms with Crippen LogP contribution in [0, 0.1) is 0 Å². The average Bonchev–Trinajstić information content (AvgIpc) is 2.74. The third-order valence-electron chi connectivity index (χ3n) is 4.21. The van der Waals surface area contributed by atoms with E-state index in [0.29, 0.717) is 30.2 Å². The molecule has 3 aromatic rings. The van der Waals surface area contributed by atoms with Crippen LogP contribution < -0.4 is 15.4 Å². The summed E-state index contributed by atoms with van der Waals surface area (Å²) < 4.78 is 11.4. The van der Waals surface area contributed by atoms with Gasteiger partial charge in [-0.1, -0.05) is 30.3 Å². The van der Waals surface area contributed by atoms with Crippen molar-refractivity contribution in [3.8, 4) is 5.75 Å². The van der Waals surface area contributed by atoms with Gasteiger partial charge >= 0.3 is 0 Å². The molecule has 7 heteroatoms. The Morgan fingerprint density at radius 3 is 2.52 bits per heavy atom. The van der Waals surface area contributed by atoms with Crippen LogP contribution in [0.25, 0.3) is 10.8 Å². The van der Waals surface area contributed by atoms with Crippen LogP contribution in [0.15, 0.2) is 65.1 Å². The van der Waals surface area contributed by atoms with Gasteiger partial charge in [0, 0.05) is 24.9 Å². The summed E-state index contributed by atoms with van der Waals surface area (Å²) in [4.78, 5) is 24.2. The third-order valence-corrected chi connectivity index (χ3v) is 5.03. The van der Waals surface area contributed by atoms with Gasteiger partial charge in [-0.15, -0.1) is 0 Å². The summed E-state index contributed by atoms with van der Waals surface area (Å²) in [5.41, 5.74) is 1.10. The lowest BCUT2D eigenvalue weighted by Crippen LogP contribution is -2.26. The minimum absolute atomic E-state index is 0.129. The van der Waals surface area contributed by atoms with Crippen molar-refractivity contribution in [2.45, 2.75) is 0 Å². The Labute approximate surface area is 177 Å². The fourth-order valence-corrected chi connectivity index (χ4v) is 3.35. The summed E-state index contributed by atoms with van der Waals surface area (Å²) in [6, 6.07) is 18.3. The number of fused-ring (bicyclic) bond motifs is 1. The highest BCUT2D eigenvalue weighted by Gasteiger charge is 2.10. The molecule has 3 aromatic carbocycles. The number of ether oxygens (including phenoxy) is 2. The van der Waals surface area contributed by atoms with E-state index in [1.54, 1.807) is 31.4 Å². The Morgan fingerprint density at radius 1 is 1.00 bits per heavy atom. The van der Waals surface area contributed by atoms with Crippen molar-refractivity contribution in [3.63, 3.8) is 0 Å². The molecule has 0 spiro atoms. The summed E-state index contributed by atoms with van der Waals surface area (Å²) in [6.07, 6.45) is 0. The molecule has 2 amide bonds. The van der Waals surface area contributed by atoms with Crippen molar-refractivity contribution in [2.24, 2.45) is 0 Å². The summed E-state index contributed by atoms with van der Waals surface area (Å²) in [6.45, 7) is 0.763. The van der Waals surface area contributed by atoms with Gasteiger partial charge in [0.05, 0.1) is 11.1 Å². The van der Waals surface area contributed by atoms with Crippen molar-refractivity contribution in [1.29, 1.82) is 0 Å². The molecule has 0 bridgehead atoms. The van der Waals surface area contributed by atoms with Crippen molar-refractivity contribution in [2.75, 3.05) is 32.2 Å². The van der Waals surface area contributed by atoms with Gasteiger partial charge in [0.1, 0.15) is 5.75 Å². The second-order valence-electron chi connectivity index (χ2n) is 6.26. The van der Waals surface area contributed by atoms with Gasteiger partial charge in [-0.25, -0.2) is 0 Å². The standard InChI is InChI=1S/C22H21BrN2O4/c1-28-13-12-24-22(27)16-6-9-17(10-7-16)25-20(26)14-29-19-11-8-15-4-2-3-5-18(15)21(19)23/h2-11H,12-14H2,1H3,(H,24,27)(H,25,26). The first-order valence-electron chi connectivity index (χ1n) is 9.05. The normalized spacial score (nSPS) is 10.6. The van der Waals surface area contributed by atoms with Crippen molar-refractivity contribution in [3.05, 3.63) is 70.7 Å². The van der Waals surface area contributed by atoms with Gasteiger partial charge in [-0.3, -0.25) is 9.59 Å². The van der Waals surface area contributed by atoms with Crippen LogP contribution >= 0.6 is 15.9 Å². The predicted octanol–water partition coefficient (Wildman–Crippen LogP) is 4.00. The second-order valence-corrected chi connectivity index (χ2v) is 7.05. The highest BCUT2D eigenvalue weighted by molar-refractivity contribution is 9.10. The van der Waals surface area contributed by atoms with Gasteiger partial charge in [-0.05, 0) is 57.0 Å². The summed E-state index contributed by atoms with van der Waals surface area (Å²) in [5.74, 6) is 0.119. The average molecular weight is 457 g/mol. The number of carbonyl (C=O) groups excluding carboxylic acids is 2. The van der Waals surface area contributed by atoms with Gasteiger partial charge in [0.2, 0.25) is 0 Å². The minimum atomic E-state index is -0.289. The number of halogens is 1. The van der Waals surface area contributed by atoms with E-state index in [9.17, 15) is 9.59 Å². The Kier molecular flexibility index (Phi) is 7.21. The molecule has 0 atom stereocenters. The lowest BCUT2D eigenvalue weighted by molar-refractivity contribution is -0.118. The molecule has 3 rings (SSSR count). The van der Waals surface area contributed by atoms with Crippen molar-refractivity contribution < 1.29 is 19.1 Å². The second kappa shape index (κ2) is 10.0. The van der Waals surface area contributed by atoms with Crippen LogP contribution in [0.4, 0.5) is 5.69 Å². The summed E-state index contributed by atoms with van der Waals surface area (Å²) in [5, 5.41) is 7.60. The summed E-state index contributed by atoms with van der Waals surface area (Å²) in [7, 11) is 1.58. The topological polar surface area (TPSA) is 76.7 Å². The third kappa shape index (κ3) is 5.56. The van der Waals surface area contributed by atoms with Crippen molar-refractivity contribution >= 4 is 44.2 Å². The molecule has 0 radical (unpaired) electrons. The Bertz CT molecular complexity index is 1010. The molecule has 29 heavy (non-hydrogen) atoms. The lowest BCUT2D eigenvalue weighted by Gasteiger charge is -2.11. The lowest BCUT2D eigenvalue weighted by atomic mass is 10.1. The number of carbonyl (C=O) groups is 2. The molecule has 0 aromatic heterocycles. The monoisotopic (exact) mass is 456 g/mol. The molecular formula is C22H21BrN2O4. The van der Waals surface area contributed by atoms with E-state index in [4.69, 9.17) is 9.47 Å². The number of hydrogen-bond donors (Lipinski definition) is 2. The first-order valence-corrected chi connectivity index (χ1v) is 9.85. The van der Waals surface area contributed by atoms with Crippen LogP contribution in [-0.2, 0) is 9.53 Å². The number of benzene rings is 3. The maximum absolute atomic E-state index is 12.2. The number of nitrogens with one attached hydrogen (secondary N) is 2. The van der Waals surface area contributed by atoms with Gasteiger partial charge in [0.15, 0.2) is 6.61 Å².